The number of hydrogen-bond donors (Lipinski definition) is 1. The summed E-state index contributed by atoms with van der Waals surface area (Å²) in [6.07, 6.45) is -4.43. The van der Waals surface area contributed by atoms with Crippen molar-refractivity contribution in [1.82, 2.24) is 0 Å². The molecule has 7 heteroatoms. The van der Waals surface area contributed by atoms with Crippen LogP contribution >= 0.6 is 0 Å². The number of halogens is 3. The van der Waals surface area contributed by atoms with Crippen LogP contribution in [0, 0.1) is 4.91 Å². The van der Waals surface area contributed by atoms with Gasteiger partial charge in [-0.15, -0.1) is 0 Å². The molecule has 0 atom stereocenters. The molecule has 108 valence electrons. The van der Waals surface area contributed by atoms with E-state index in [1.165, 1.54) is 6.07 Å². The zero-order chi connectivity index (χ0) is 15.1. The van der Waals surface area contributed by atoms with Gasteiger partial charge in [0.2, 0.25) is 4.92 Å². The maximum Gasteiger partial charge on any atom is 0.416 e. The van der Waals surface area contributed by atoms with Gasteiger partial charge in [-0.2, -0.15) is 13.2 Å². The maximum absolute atomic E-state index is 12.5. The Morgan fingerprint density at radius 3 is 2.32 bits per heavy atom. The molecule has 0 radical (unpaired) electrons. The van der Waals surface area contributed by atoms with Crippen LogP contribution in [-0.2, 0) is 17.6 Å². The molecule has 0 aromatic heterocycles. The maximum atomic E-state index is 12.5. The van der Waals surface area contributed by atoms with E-state index in [-0.39, 0.29) is 17.0 Å². The Morgan fingerprint density at radius 2 is 1.89 bits per heavy atom. The monoisotopic (exact) mass is 279 g/mol. The van der Waals surface area contributed by atoms with E-state index in [4.69, 9.17) is 0 Å². The predicted octanol–water partition coefficient (Wildman–Crippen LogP) is 3.61. The topological polar surface area (TPSA) is 41.3 Å². The molecule has 1 aromatic carbocycles. The van der Waals surface area contributed by atoms with Crippen molar-refractivity contribution in [2.75, 3.05) is 19.5 Å². The highest BCUT2D eigenvalue weighted by Crippen LogP contribution is 2.31. The third-order valence-electron chi connectivity index (χ3n) is 2.20. The van der Waals surface area contributed by atoms with Gasteiger partial charge in [0.05, 0.1) is 16.0 Å². The first-order chi connectivity index (χ1) is 8.88. The fraction of sp³-hybridized carbons (Fsp3) is 0.500. The molecule has 1 rings (SSSR count). The van der Waals surface area contributed by atoms with Crippen LogP contribution in [0.1, 0.15) is 25.0 Å². The van der Waals surface area contributed by atoms with E-state index in [0.717, 1.165) is 19.2 Å². The van der Waals surface area contributed by atoms with Gasteiger partial charge in [-0.25, -0.2) is 4.84 Å². The lowest BCUT2D eigenvalue weighted by atomic mass is 10.1. The standard InChI is InChI=1S/C10H12F3N2O2.C2H6/c1-14-9-4-3-8(10(11,12)13)5-7(9)6-15(16)17-2;1-2/h3-5,14H,6H2,1-2H3;1-2H3/q+1;. The second-order valence-corrected chi connectivity index (χ2v) is 3.29. The van der Waals surface area contributed by atoms with Gasteiger partial charge in [0.15, 0.2) is 7.11 Å². The van der Waals surface area contributed by atoms with Crippen LogP contribution in [0.15, 0.2) is 18.2 Å². The molecular formula is C12H18F3N2O2+. The molecule has 0 aliphatic rings. The van der Waals surface area contributed by atoms with Crippen molar-refractivity contribution < 1.29 is 22.9 Å². The molecule has 19 heavy (non-hydrogen) atoms. The molecule has 0 aliphatic heterocycles. The summed E-state index contributed by atoms with van der Waals surface area (Å²) in [5.41, 5.74) is -0.119. The van der Waals surface area contributed by atoms with Gasteiger partial charge in [-0.05, 0) is 18.2 Å². The molecule has 0 bridgehead atoms. The highest BCUT2D eigenvalue weighted by atomic mass is 19.4. The molecule has 0 saturated heterocycles. The fourth-order valence-electron chi connectivity index (χ4n) is 1.35. The quantitative estimate of drug-likeness (QED) is 0.856. The number of nitrogens with one attached hydrogen (secondary N) is 1. The van der Waals surface area contributed by atoms with E-state index in [1.54, 1.807) is 7.05 Å². The van der Waals surface area contributed by atoms with Crippen molar-refractivity contribution in [2.45, 2.75) is 26.6 Å². The first kappa shape index (κ1) is 17.2. The van der Waals surface area contributed by atoms with Crippen LogP contribution in [0.25, 0.3) is 0 Å². The Balaban J connectivity index is 0.00000154. The zero-order valence-electron chi connectivity index (χ0n) is 11.3. The van der Waals surface area contributed by atoms with Crippen molar-refractivity contribution in [3.05, 3.63) is 34.2 Å². The van der Waals surface area contributed by atoms with Crippen LogP contribution in [0.4, 0.5) is 18.9 Å². The Morgan fingerprint density at radius 1 is 1.32 bits per heavy atom. The SMILES string of the molecule is CC.CNc1ccc(C(F)(F)F)cc1C[N+](=O)OC. The molecule has 0 heterocycles. The molecule has 0 amide bonds. The highest BCUT2D eigenvalue weighted by Gasteiger charge is 2.31. The molecule has 0 saturated carbocycles. The molecule has 4 nitrogen and oxygen atoms in total. The second kappa shape index (κ2) is 7.60. The lowest BCUT2D eigenvalue weighted by Crippen LogP contribution is -2.11. The van der Waals surface area contributed by atoms with E-state index in [9.17, 15) is 18.1 Å². The normalized spacial score (nSPS) is 10.3. The van der Waals surface area contributed by atoms with Crippen LogP contribution in [0.5, 0.6) is 0 Å². The van der Waals surface area contributed by atoms with Crippen molar-refractivity contribution in [3.63, 3.8) is 0 Å². The fourth-order valence-corrected chi connectivity index (χ4v) is 1.35. The Kier molecular flexibility index (Phi) is 6.89. The van der Waals surface area contributed by atoms with E-state index in [1.807, 2.05) is 13.8 Å². The summed E-state index contributed by atoms with van der Waals surface area (Å²) >= 11 is 0. The number of benzene rings is 1. The number of anilines is 1. The Labute approximate surface area is 110 Å². The van der Waals surface area contributed by atoms with Crippen molar-refractivity contribution in [1.29, 1.82) is 0 Å². The predicted molar refractivity (Wildman–Crippen MR) is 66.7 cm³/mol. The minimum atomic E-state index is -4.43. The summed E-state index contributed by atoms with van der Waals surface area (Å²) in [5.74, 6) is 0. The summed E-state index contributed by atoms with van der Waals surface area (Å²) < 4.78 is 37.4. The number of alkyl halides is 3. The van der Waals surface area contributed by atoms with E-state index >= 15 is 0 Å². The smallest absolute Gasteiger partial charge is 0.388 e. The molecule has 0 aliphatic carbocycles. The molecule has 1 N–H and O–H groups in total. The highest BCUT2D eigenvalue weighted by molar-refractivity contribution is 5.52. The summed E-state index contributed by atoms with van der Waals surface area (Å²) in [7, 11) is 2.72. The van der Waals surface area contributed by atoms with Gasteiger partial charge in [-0.3, -0.25) is 0 Å². The van der Waals surface area contributed by atoms with Crippen LogP contribution in [-0.4, -0.2) is 19.1 Å². The van der Waals surface area contributed by atoms with Crippen LogP contribution in [0.2, 0.25) is 0 Å². The van der Waals surface area contributed by atoms with E-state index in [2.05, 4.69) is 10.2 Å². The molecule has 0 spiro atoms. The summed E-state index contributed by atoms with van der Waals surface area (Å²) in [6, 6.07) is 3.16. The minimum Gasteiger partial charge on any atom is -0.388 e. The summed E-state index contributed by atoms with van der Waals surface area (Å²) in [4.78, 5) is 15.5. The summed E-state index contributed by atoms with van der Waals surface area (Å²) in [6.45, 7) is 3.72. The van der Waals surface area contributed by atoms with Gasteiger partial charge in [0.25, 0.3) is 6.54 Å². The molecular weight excluding hydrogens is 261 g/mol. The zero-order valence-corrected chi connectivity index (χ0v) is 11.3. The van der Waals surface area contributed by atoms with Crippen LogP contribution < -0.4 is 5.32 Å². The van der Waals surface area contributed by atoms with Crippen molar-refractivity contribution in [3.8, 4) is 0 Å². The lowest BCUT2D eigenvalue weighted by molar-refractivity contribution is -0.807. The van der Waals surface area contributed by atoms with Gasteiger partial charge in [0, 0.05) is 12.7 Å². The van der Waals surface area contributed by atoms with Gasteiger partial charge < -0.3 is 5.32 Å². The number of rotatable bonds is 4. The largest absolute Gasteiger partial charge is 0.416 e. The average Bonchev–Trinajstić information content (AvgIpc) is 2.39. The molecule has 0 unspecified atom stereocenters. The first-order valence-corrected chi connectivity index (χ1v) is 5.75. The van der Waals surface area contributed by atoms with E-state index in [0.29, 0.717) is 5.69 Å². The second-order valence-electron chi connectivity index (χ2n) is 3.29. The van der Waals surface area contributed by atoms with Gasteiger partial charge in [-0.1, -0.05) is 13.8 Å². The number of hydrogen-bond acceptors (Lipinski definition) is 3. The van der Waals surface area contributed by atoms with Crippen LogP contribution in [0.3, 0.4) is 0 Å². The Hall–Kier alpha value is -1.79. The lowest BCUT2D eigenvalue weighted by Gasteiger charge is -2.10. The van der Waals surface area contributed by atoms with Gasteiger partial charge >= 0.3 is 6.18 Å². The first-order valence-electron chi connectivity index (χ1n) is 5.75. The molecule has 0 fully saturated rings. The van der Waals surface area contributed by atoms with Crippen molar-refractivity contribution in [2.24, 2.45) is 0 Å². The Bertz CT molecular complexity index is 420. The molecule has 1 aromatic rings. The van der Waals surface area contributed by atoms with Crippen molar-refractivity contribution >= 4 is 5.69 Å². The van der Waals surface area contributed by atoms with E-state index < -0.39 is 11.7 Å². The minimum absolute atomic E-state index is 0.205. The third-order valence-corrected chi connectivity index (χ3v) is 2.20. The summed E-state index contributed by atoms with van der Waals surface area (Å²) in [5, 5.41) is 2.72. The average molecular weight is 279 g/mol. The third kappa shape index (κ3) is 5.15. The number of nitrogens with zero attached hydrogens (tertiary/aromatic N) is 1. The van der Waals surface area contributed by atoms with Gasteiger partial charge in [0.1, 0.15) is 0 Å².